The molecular formula is C29H31ClF2. The zero-order chi connectivity index (χ0) is 22.5. The molecular weight excluding hydrogens is 422 g/mol. The van der Waals surface area contributed by atoms with Crippen molar-refractivity contribution in [1.29, 1.82) is 0 Å². The average Bonchev–Trinajstić information content (AvgIpc) is 2.81. The molecule has 0 radical (unpaired) electrons. The Morgan fingerprint density at radius 2 is 1.25 bits per heavy atom. The van der Waals surface area contributed by atoms with Gasteiger partial charge in [0, 0.05) is 0 Å². The van der Waals surface area contributed by atoms with Crippen LogP contribution in [-0.2, 0) is 19.3 Å². The molecule has 168 valence electrons. The number of halogens is 3. The van der Waals surface area contributed by atoms with Gasteiger partial charge in [-0.2, -0.15) is 0 Å². The molecule has 4 rings (SSSR count). The van der Waals surface area contributed by atoms with E-state index >= 15 is 0 Å². The predicted molar refractivity (Wildman–Crippen MR) is 129 cm³/mol. The molecule has 0 atom stereocenters. The standard InChI is InChI=1S/C29H31ClF2/c1-20-2-14-25(15-3-20)26-16-12-23(13-17-26)9-8-21-4-6-22(7-5-21)10-11-24-18-27(31)29(30)28(32)19-24/h2-7,14-15,18-19,23,26H,8-13,16-17H2,1H3. The Balaban J connectivity index is 1.22. The molecule has 3 aromatic rings. The van der Waals surface area contributed by atoms with Gasteiger partial charge < -0.3 is 0 Å². The normalized spacial score (nSPS) is 18.6. The van der Waals surface area contributed by atoms with E-state index in [-0.39, 0.29) is 0 Å². The van der Waals surface area contributed by atoms with Crippen LogP contribution in [0.15, 0.2) is 60.7 Å². The van der Waals surface area contributed by atoms with Crippen molar-refractivity contribution in [3.63, 3.8) is 0 Å². The Hall–Kier alpha value is -2.19. The minimum absolute atomic E-state index is 0.429. The summed E-state index contributed by atoms with van der Waals surface area (Å²) in [6.07, 6.45) is 8.97. The SMILES string of the molecule is Cc1ccc(C2CCC(CCc3ccc(CCc4cc(F)c(Cl)c(F)c4)cc3)CC2)cc1. The van der Waals surface area contributed by atoms with Crippen LogP contribution in [0.3, 0.4) is 0 Å². The fourth-order valence-corrected chi connectivity index (χ4v) is 5.02. The summed E-state index contributed by atoms with van der Waals surface area (Å²) in [5.74, 6) is 0.176. The first-order valence-corrected chi connectivity index (χ1v) is 12.1. The van der Waals surface area contributed by atoms with Crippen LogP contribution in [0.1, 0.15) is 65.8 Å². The van der Waals surface area contributed by atoms with E-state index in [1.807, 2.05) is 0 Å². The van der Waals surface area contributed by atoms with E-state index in [4.69, 9.17) is 11.6 Å². The average molecular weight is 453 g/mol. The minimum Gasteiger partial charge on any atom is -0.205 e. The summed E-state index contributed by atoms with van der Waals surface area (Å²) in [7, 11) is 0. The van der Waals surface area contributed by atoms with Gasteiger partial charge >= 0.3 is 0 Å². The molecule has 0 N–H and O–H groups in total. The topological polar surface area (TPSA) is 0 Å². The smallest absolute Gasteiger partial charge is 0.145 e. The third-order valence-electron chi connectivity index (χ3n) is 7.01. The van der Waals surface area contributed by atoms with Crippen molar-refractivity contribution in [3.8, 4) is 0 Å². The Morgan fingerprint density at radius 1 is 0.719 bits per heavy atom. The lowest BCUT2D eigenvalue weighted by atomic mass is 9.77. The highest BCUT2D eigenvalue weighted by atomic mass is 35.5. The maximum Gasteiger partial charge on any atom is 0.145 e. The molecule has 0 unspecified atom stereocenters. The number of hydrogen-bond donors (Lipinski definition) is 0. The van der Waals surface area contributed by atoms with Gasteiger partial charge in [-0.25, -0.2) is 8.78 Å². The summed E-state index contributed by atoms with van der Waals surface area (Å²) in [5.41, 5.74) is 6.03. The van der Waals surface area contributed by atoms with E-state index in [1.165, 1.54) is 66.5 Å². The zero-order valence-corrected chi connectivity index (χ0v) is 19.5. The van der Waals surface area contributed by atoms with E-state index in [0.717, 1.165) is 24.7 Å². The van der Waals surface area contributed by atoms with Crippen molar-refractivity contribution in [2.75, 3.05) is 0 Å². The molecule has 0 amide bonds. The molecule has 0 aliphatic heterocycles. The highest BCUT2D eigenvalue weighted by Gasteiger charge is 2.22. The van der Waals surface area contributed by atoms with E-state index in [1.54, 1.807) is 0 Å². The minimum atomic E-state index is -0.690. The molecule has 3 aromatic carbocycles. The largest absolute Gasteiger partial charge is 0.205 e. The second kappa shape index (κ2) is 10.6. The number of rotatable bonds is 7. The second-order valence-corrected chi connectivity index (χ2v) is 9.73. The molecule has 0 aromatic heterocycles. The molecule has 1 saturated carbocycles. The third kappa shape index (κ3) is 5.98. The van der Waals surface area contributed by atoms with E-state index in [2.05, 4.69) is 55.5 Å². The molecule has 0 spiro atoms. The highest BCUT2D eigenvalue weighted by molar-refractivity contribution is 6.30. The van der Waals surface area contributed by atoms with Crippen LogP contribution in [-0.4, -0.2) is 0 Å². The third-order valence-corrected chi connectivity index (χ3v) is 7.37. The van der Waals surface area contributed by atoms with Crippen molar-refractivity contribution < 1.29 is 8.78 Å². The van der Waals surface area contributed by atoms with E-state index in [9.17, 15) is 8.78 Å². The van der Waals surface area contributed by atoms with Crippen LogP contribution in [0.4, 0.5) is 8.78 Å². The van der Waals surface area contributed by atoms with Gasteiger partial charge in [0.1, 0.15) is 16.7 Å². The van der Waals surface area contributed by atoms with Gasteiger partial charge in [-0.1, -0.05) is 65.7 Å². The molecule has 0 nitrogen and oxygen atoms in total. The van der Waals surface area contributed by atoms with Gasteiger partial charge in [0.2, 0.25) is 0 Å². The first-order chi connectivity index (χ1) is 15.5. The monoisotopic (exact) mass is 452 g/mol. The molecule has 1 aliphatic rings. The van der Waals surface area contributed by atoms with Gasteiger partial charge in [-0.3, -0.25) is 0 Å². The molecule has 0 bridgehead atoms. The Morgan fingerprint density at radius 3 is 1.84 bits per heavy atom. The zero-order valence-electron chi connectivity index (χ0n) is 18.7. The molecule has 1 fully saturated rings. The summed E-state index contributed by atoms with van der Waals surface area (Å²) in [6, 6.07) is 20.4. The van der Waals surface area contributed by atoms with E-state index < -0.39 is 16.7 Å². The van der Waals surface area contributed by atoms with Gasteiger partial charge in [-0.15, -0.1) is 0 Å². The Labute approximate surface area is 195 Å². The van der Waals surface area contributed by atoms with E-state index in [0.29, 0.717) is 12.0 Å². The summed E-state index contributed by atoms with van der Waals surface area (Å²) in [5, 5.41) is -0.429. The van der Waals surface area contributed by atoms with Gasteiger partial charge in [0.15, 0.2) is 0 Å². The van der Waals surface area contributed by atoms with Crippen molar-refractivity contribution in [1.82, 2.24) is 0 Å². The van der Waals surface area contributed by atoms with Crippen LogP contribution in [0.2, 0.25) is 5.02 Å². The summed E-state index contributed by atoms with van der Waals surface area (Å²) in [4.78, 5) is 0. The van der Waals surface area contributed by atoms with Crippen molar-refractivity contribution in [2.24, 2.45) is 5.92 Å². The van der Waals surface area contributed by atoms with Crippen LogP contribution >= 0.6 is 11.6 Å². The van der Waals surface area contributed by atoms with Crippen molar-refractivity contribution in [2.45, 2.75) is 64.2 Å². The first kappa shape index (κ1) is 23.0. The fraction of sp³-hybridized carbons (Fsp3) is 0.379. The lowest BCUT2D eigenvalue weighted by molar-refractivity contribution is 0.310. The summed E-state index contributed by atoms with van der Waals surface area (Å²) >= 11 is 5.56. The summed E-state index contributed by atoms with van der Waals surface area (Å²) < 4.78 is 27.2. The fourth-order valence-electron chi connectivity index (χ4n) is 4.91. The van der Waals surface area contributed by atoms with Gasteiger partial charge in [0.25, 0.3) is 0 Å². The lowest BCUT2D eigenvalue weighted by Crippen LogP contribution is -2.14. The van der Waals surface area contributed by atoms with Gasteiger partial charge in [-0.05, 0) is 105 Å². The Kier molecular flexibility index (Phi) is 7.63. The maximum absolute atomic E-state index is 13.6. The number of aryl methyl sites for hydroxylation is 4. The van der Waals surface area contributed by atoms with Crippen LogP contribution in [0.25, 0.3) is 0 Å². The first-order valence-electron chi connectivity index (χ1n) is 11.8. The van der Waals surface area contributed by atoms with Gasteiger partial charge in [0.05, 0.1) is 0 Å². The second-order valence-electron chi connectivity index (χ2n) is 9.36. The number of hydrogen-bond acceptors (Lipinski definition) is 0. The van der Waals surface area contributed by atoms with Crippen LogP contribution in [0.5, 0.6) is 0 Å². The predicted octanol–water partition coefficient (Wildman–Crippen LogP) is 8.62. The van der Waals surface area contributed by atoms with Crippen molar-refractivity contribution in [3.05, 3.63) is 105 Å². The lowest BCUT2D eigenvalue weighted by Gasteiger charge is -2.29. The number of benzene rings is 3. The summed E-state index contributed by atoms with van der Waals surface area (Å²) in [6.45, 7) is 2.15. The maximum atomic E-state index is 13.6. The highest BCUT2D eigenvalue weighted by Crippen LogP contribution is 2.37. The molecule has 3 heteroatoms. The molecule has 0 saturated heterocycles. The Bertz CT molecular complexity index is 993. The van der Waals surface area contributed by atoms with Crippen molar-refractivity contribution >= 4 is 11.6 Å². The molecule has 32 heavy (non-hydrogen) atoms. The van der Waals surface area contributed by atoms with Crippen LogP contribution in [0, 0.1) is 24.5 Å². The quantitative estimate of drug-likeness (QED) is 0.315. The molecule has 1 aliphatic carbocycles. The van der Waals surface area contributed by atoms with Crippen LogP contribution < -0.4 is 0 Å². The molecule has 0 heterocycles.